The van der Waals surface area contributed by atoms with Gasteiger partial charge >= 0.3 is 0 Å². The Morgan fingerprint density at radius 2 is 1.77 bits per heavy atom. The summed E-state index contributed by atoms with van der Waals surface area (Å²) >= 11 is 5.48. The van der Waals surface area contributed by atoms with E-state index in [0.29, 0.717) is 6.04 Å². The normalized spacial score (nSPS) is 19.2. The third-order valence-electron chi connectivity index (χ3n) is 4.82. The second-order valence-electron chi connectivity index (χ2n) is 6.48. The third kappa shape index (κ3) is 4.13. The lowest BCUT2D eigenvalue weighted by molar-refractivity contribution is 0.412. The van der Waals surface area contributed by atoms with Gasteiger partial charge in [-0.3, -0.25) is 0 Å². The van der Waals surface area contributed by atoms with Crippen molar-refractivity contribution in [2.75, 3.05) is 18.0 Å². The number of benzene rings is 1. The number of nitrogens with zero attached hydrogens (tertiary/aromatic N) is 1. The smallest absolute Gasteiger partial charge is 0.166 e. The number of para-hydroxylation sites is 1. The summed E-state index contributed by atoms with van der Waals surface area (Å²) in [7, 11) is 0. The molecule has 120 valence electrons. The molecule has 0 bridgehead atoms. The van der Waals surface area contributed by atoms with Gasteiger partial charge < -0.3 is 15.5 Å². The van der Waals surface area contributed by atoms with Crippen LogP contribution in [0.3, 0.4) is 0 Å². The fourth-order valence-electron chi connectivity index (χ4n) is 3.59. The Morgan fingerprint density at radius 1 is 1.05 bits per heavy atom. The fraction of sp³-hybridized carbons (Fsp3) is 0.611. The molecule has 2 fully saturated rings. The number of nitrogens with one attached hydrogen (secondary N) is 2. The lowest BCUT2D eigenvalue weighted by Crippen LogP contribution is -2.42. The second kappa shape index (κ2) is 7.82. The molecule has 0 spiro atoms. The van der Waals surface area contributed by atoms with E-state index in [0.717, 1.165) is 11.7 Å². The van der Waals surface area contributed by atoms with Crippen LogP contribution >= 0.6 is 12.2 Å². The van der Waals surface area contributed by atoms with Crippen LogP contribution in [-0.2, 0) is 6.54 Å². The molecule has 0 unspecified atom stereocenters. The first-order chi connectivity index (χ1) is 10.8. The molecule has 4 heteroatoms. The lowest BCUT2D eigenvalue weighted by Gasteiger charge is -2.25. The third-order valence-corrected chi connectivity index (χ3v) is 5.08. The Balaban J connectivity index is 1.53. The molecule has 1 saturated heterocycles. The summed E-state index contributed by atoms with van der Waals surface area (Å²) in [5.41, 5.74) is 2.71. The van der Waals surface area contributed by atoms with Gasteiger partial charge in [0.2, 0.25) is 0 Å². The highest BCUT2D eigenvalue weighted by atomic mass is 32.1. The quantitative estimate of drug-likeness (QED) is 0.830. The lowest BCUT2D eigenvalue weighted by atomic mass is 9.96. The second-order valence-corrected chi connectivity index (χ2v) is 6.89. The molecule has 3 rings (SSSR count). The molecule has 0 atom stereocenters. The Bertz CT molecular complexity index is 491. The van der Waals surface area contributed by atoms with Gasteiger partial charge in [-0.25, -0.2) is 0 Å². The summed E-state index contributed by atoms with van der Waals surface area (Å²) in [5.74, 6) is 0. The van der Waals surface area contributed by atoms with Crippen molar-refractivity contribution < 1.29 is 0 Å². The van der Waals surface area contributed by atoms with Crippen molar-refractivity contribution in [3.8, 4) is 0 Å². The molecule has 1 aliphatic carbocycles. The highest BCUT2D eigenvalue weighted by Gasteiger charge is 2.16. The molecule has 0 aromatic heterocycles. The minimum atomic E-state index is 0.572. The molecular formula is C18H27N3S. The number of anilines is 1. The van der Waals surface area contributed by atoms with Crippen molar-refractivity contribution in [3.05, 3.63) is 29.8 Å². The van der Waals surface area contributed by atoms with Crippen molar-refractivity contribution in [2.45, 2.75) is 57.5 Å². The van der Waals surface area contributed by atoms with Crippen molar-refractivity contribution in [2.24, 2.45) is 0 Å². The monoisotopic (exact) mass is 317 g/mol. The number of hydrogen-bond donors (Lipinski definition) is 2. The molecule has 0 amide bonds. The molecule has 1 heterocycles. The van der Waals surface area contributed by atoms with E-state index < -0.39 is 0 Å². The van der Waals surface area contributed by atoms with Gasteiger partial charge in [-0.05, 0) is 49.5 Å². The van der Waals surface area contributed by atoms with E-state index in [2.05, 4.69) is 39.8 Å². The highest BCUT2D eigenvalue weighted by Crippen LogP contribution is 2.24. The van der Waals surface area contributed by atoms with Crippen LogP contribution in [0, 0.1) is 0 Å². The van der Waals surface area contributed by atoms with Crippen LogP contribution in [0.1, 0.15) is 50.5 Å². The fourth-order valence-corrected chi connectivity index (χ4v) is 3.82. The summed E-state index contributed by atoms with van der Waals surface area (Å²) < 4.78 is 0. The standard InChI is InChI=1S/C18H27N3S/c22-18(20-16-9-2-1-3-10-16)19-14-15-8-4-5-11-17(15)21-12-6-7-13-21/h4-5,8,11,16H,1-3,6-7,9-10,12-14H2,(H2,19,20,22). The SMILES string of the molecule is S=C(NCc1ccccc1N1CCCC1)NC1CCCCC1. The largest absolute Gasteiger partial charge is 0.371 e. The van der Waals surface area contributed by atoms with Crippen LogP contribution in [0.4, 0.5) is 5.69 Å². The van der Waals surface area contributed by atoms with Crippen LogP contribution in [-0.4, -0.2) is 24.2 Å². The molecule has 22 heavy (non-hydrogen) atoms. The maximum Gasteiger partial charge on any atom is 0.166 e. The minimum absolute atomic E-state index is 0.572. The number of rotatable bonds is 4. The van der Waals surface area contributed by atoms with Gasteiger partial charge in [0.25, 0.3) is 0 Å². The van der Waals surface area contributed by atoms with Gasteiger partial charge in [0.05, 0.1) is 0 Å². The molecule has 1 aromatic carbocycles. The van der Waals surface area contributed by atoms with Gasteiger partial charge in [-0.2, -0.15) is 0 Å². The van der Waals surface area contributed by atoms with Gasteiger partial charge in [0, 0.05) is 31.4 Å². The molecule has 1 saturated carbocycles. The molecule has 2 N–H and O–H groups in total. The van der Waals surface area contributed by atoms with E-state index in [1.54, 1.807) is 0 Å². The van der Waals surface area contributed by atoms with Crippen LogP contribution in [0.15, 0.2) is 24.3 Å². The van der Waals surface area contributed by atoms with Gasteiger partial charge in [0.15, 0.2) is 5.11 Å². The van der Waals surface area contributed by atoms with Crippen molar-refractivity contribution in [3.63, 3.8) is 0 Å². The topological polar surface area (TPSA) is 27.3 Å². The summed E-state index contributed by atoms with van der Waals surface area (Å²) in [6, 6.07) is 9.27. The van der Waals surface area contributed by atoms with Crippen molar-refractivity contribution >= 4 is 23.0 Å². The summed E-state index contributed by atoms with van der Waals surface area (Å²) in [5, 5.41) is 7.70. The first-order valence-electron chi connectivity index (χ1n) is 8.70. The summed E-state index contributed by atoms with van der Waals surface area (Å²) in [4.78, 5) is 2.49. The zero-order chi connectivity index (χ0) is 15.2. The van der Waals surface area contributed by atoms with Crippen LogP contribution in [0.2, 0.25) is 0 Å². The number of hydrogen-bond acceptors (Lipinski definition) is 2. The predicted octanol–water partition coefficient (Wildman–Crippen LogP) is 3.58. The molecule has 2 aliphatic rings. The average molecular weight is 318 g/mol. The Kier molecular flexibility index (Phi) is 5.54. The maximum atomic E-state index is 5.48. The van der Waals surface area contributed by atoms with Crippen LogP contribution < -0.4 is 15.5 Å². The average Bonchev–Trinajstić information content (AvgIpc) is 3.08. The molecule has 0 radical (unpaired) electrons. The van der Waals surface area contributed by atoms with Gasteiger partial charge in [0.1, 0.15) is 0 Å². The van der Waals surface area contributed by atoms with E-state index in [-0.39, 0.29) is 0 Å². The van der Waals surface area contributed by atoms with E-state index in [4.69, 9.17) is 12.2 Å². The summed E-state index contributed by atoms with van der Waals surface area (Å²) in [6.45, 7) is 3.18. The Morgan fingerprint density at radius 3 is 2.55 bits per heavy atom. The Hall–Kier alpha value is -1.29. The van der Waals surface area contributed by atoms with Crippen LogP contribution in [0.25, 0.3) is 0 Å². The maximum absolute atomic E-state index is 5.48. The predicted molar refractivity (Wildman–Crippen MR) is 97.3 cm³/mol. The van der Waals surface area contributed by atoms with E-state index in [1.165, 1.54) is 69.3 Å². The van der Waals surface area contributed by atoms with Crippen molar-refractivity contribution in [1.82, 2.24) is 10.6 Å². The summed E-state index contributed by atoms with van der Waals surface area (Å²) in [6.07, 6.45) is 9.17. The van der Waals surface area contributed by atoms with Gasteiger partial charge in [-0.1, -0.05) is 37.5 Å². The first kappa shape index (κ1) is 15.6. The zero-order valence-corrected chi connectivity index (χ0v) is 14.1. The first-order valence-corrected chi connectivity index (χ1v) is 9.11. The van der Waals surface area contributed by atoms with Crippen molar-refractivity contribution in [1.29, 1.82) is 0 Å². The molecule has 1 aliphatic heterocycles. The van der Waals surface area contributed by atoms with E-state index >= 15 is 0 Å². The molecule has 1 aromatic rings. The Labute approximate surface area is 139 Å². The zero-order valence-electron chi connectivity index (χ0n) is 13.3. The minimum Gasteiger partial charge on any atom is -0.371 e. The highest BCUT2D eigenvalue weighted by molar-refractivity contribution is 7.80. The molecular weight excluding hydrogens is 290 g/mol. The van der Waals surface area contributed by atoms with Gasteiger partial charge in [-0.15, -0.1) is 0 Å². The molecule has 3 nitrogen and oxygen atoms in total. The van der Waals surface area contributed by atoms with E-state index in [1.807, 2.05) is 0 Å². The van der Waals surface area contributed by atoms with E-state index in [9.17, 15) is 0 Å². The number of thiocarbonyl (C=S) groups is 1. The van der Waals surface area contributed by atoms with Crippen LogP contribution in [0.5, 0.6) is 0 Å².